The summed E-state index contributed by atoms with van der Waals surface area (Å²) in [7, 11) is 1.84. The molecule has 0 unspecified atom stereocenters. The molecule has 0 amide bonds. The number of rotatable bonds is 2. The molecule has 5 aromatic rings. The van der Waals surface area contributed by atoms with E-state index in [1.54, 1.807) is 16.8 Å². The molecule has 0 aliphatic rings. The van der Waals surface area contributed by atoms with E-state index in [1.165, 1.54) is 0 Å². The predicted molar refractivity (Wildman–Crippen MR) is 119 cm³/mol. The van der Waals surface area contributed by atoms with E-state index in [4.69, 9.17) is 17.0 Å². The van der Waals surface area contributed by atoms with Crippen LogP contribution in [0.2, 0.25) is 5.02 Å². The SMILES string of the molecule is Cn1c(=N)n(-c2ccccc2C#N)c2c3cc(-c4ccc(Cl)cc4)ccc3ncc21. The van der Waals surface area contributed by atoms with Gasteiger partial charge in [-0.3, -0.25) is 15.0 Å². The molecule has 0 bridgehead atoms. The number of halogens is 1. The lowest BCUT2D eigenvalue weighted by Gasteiger charge is -2.10. The average molecular weight is 410 g/mol. The van der Waals surface area contributed by atoms with E-state index >= 15 is 0 Å². The van der Waals surface area contributed by atoms with Gasteiger partial charge in [-0.1, -0.05) is 41.9 Å². The lowest BCUT2D eigenvalue weighted by Crippen LogP contribution is -2.21. The highest BCUT2D eigenvalue weighted by Gasteiger charge is 2.17. The largest absolute Gasteiger partial charge is 0.312 e. The van der Waals surface area contributed by atoms with Gasteiger partial charge in [0.15, 0.2) is 0 Å². The van der Waals surface area contributed by atoms with Gasteiger partial charge in [-0.05, 0) is 47.5 Å². The number of benzene rings is 3. The van der Waals surface area contributed by atoms with Gasteiger partial charge in [-0.15, -0.1) is 0 Å². The Kier molecular flexibility index (Phi) is 4.16. The number of nitrogens with zero attached hydrogens (tertiary/aromatic N) is 4. The zero-order valence-corrected chi connectivity index (χ0v) is 16.9. The van der Waals surface area contributed by atoms with E-state index in [0.29, 0.717) is 16.3 Å². The maximum Gasteiger partial charge on any atom is 0.207 e. The molecule has 5 rings (SSSR count). The first-order valence-corrected chi connectivity index (χ1v) is 9.76. The van der Waals surface area contributed by atoms with Crippen LogP contribution in [0.1, 0.15) is 5.56 Å². The van der Waals surface area contributed by atoms with Gasteiger partial charge in [0.05, 0.1) is 34.0 Å². The number of pyridine rings is 1. The number of aryl methyl sites for hydroxylation is 1. The van der Waals surface area contributed by atoms with Crippen molar-refractivity contribution in [2.24, 2.45) is 7.05 Å². The van der Waals surface area contributed by atoms with Crippen LogP contribution >= 0.6 is 11.6 Å². The van der Waals surface area contributed by atoms with Gasteiger partial charge in [0, 0.05) is 17.5 Å². The van der Waals surface area contributed by atoms with Crippen LogP contribution in [0, 0.1) is 16.7 Å². The molecule has 0 aliphatic heterocycles. The molecule has 2 heterocycles. The zero-order valence-electron chi connectivity index (χ0n) is 16.1. The van der Waals surface area contributed by atoms with E-state index in [9.17, 15) is 5.26 Å². The summed E-state index contributed by atoms with van der Waals surface area (Å²) in [5, 5.41) is 20.0. The first-order valence-electron chi connectivity index (χ1n) is 9.39. The van der Waals surface area contributed by atoms with Crippen LogP contribution in [-0.4, -0.2) is 14.1 Å². The highest BCUT2D eigenvalue weighted by atomic mass is 35.5. The predicted octanol–water partition coefficient (Wildman–Crippen LogP) is 5.19. The Balaban J connectivity index is 1.90. The van der Waals surface area contributed by atoms with E-state index in [-0.39, 0.29) is 5.62 Å². The van der Waals surface area contributed by atoms with Gasteiger partial charge in [0.2, 0.25) is 5.62 Å². The fraction of sp³-hybridized carbons (Fsp3) is 0.0417. The summed E-state index contributed by atoms with van der Waals surface area (Å²) in [5.74, 6) is 0. The molecule has 5 nitrogen and oxygen atoms in total. The van der Waals surface area contributed by atoms with Gasteiger partial charge in [0.1, 0.15) is 6.07 Å². The molecule has 0 radical (unpaired) electrons. The number of nitrogens with one attached hydrogen (secondary N) is 1. The highest BCUT2D eigenvalue weighted by molar-refractivity contribution is 6.30. The summed E-state index contributed by atoms with van der Waals surface area (Å²) in [6.45, 7) is 0. The third kappa shape index (κ3) is 2.70. The van der Waals surface area contributed by atoms with Gasteiger partial charge < -0.3 is 4.57 Å². The molecule has 2 aromatic heterocycles. The molecule has 0 spiro atoms. The maximum atomic E-state index is 9.62. The Morgan fingerprint density at radius 2 is 1.73 bits per heavy atom. The summed E-state index contributed by atoms with van der Waals surface area (Å²) in [6, 6.07) is 23.4. The van der Waals surface area contributed by atoms with Crippen molar-refractivity contribution >= 4 is 33.5 Å². The van der Waals surface area contributed by atoms with Gasteiger partial charge >= 0.3 is 0 Å². The minimum absolute atomic E-state index is 0.277. The monoisotopic (exact) mass is 409 g/mol. The van der Waals surface area contributed by atoms with E-state index in [2.05, 4.69) is 17.1 Å². The van der Waals surface area contributed by atoms with E-state index in [1.807, 2.05) is 66.2 Å². The first-order chi connectivity index (χ1) is 14.6. The second kappa shape index (κ2) is 6.87. The van der Waals surface area contributed by atoms with Gasteiger partial charge in [-0.25, -0.2) is 0 Å². The van der Waals surface area contributed by atoms with Crippen molar-refractivity contribution < 1.29 is 0 Å². The summed E-state index contributed by atoms with van der Waals surface area (Å²) in [4.78, 5) is 4.61. The van der Waals surface area contributed by atoms with Gasteiger partial charge in [0.25, 0.3) is 0 Å². The fourth-order valence-electron chi connectivity index (χ4n) is 3.84. The lowest BCUT2D eigenvalue weighted by atomic mass is 10.0. The quantitative estimate of drug-likeness (QED) is 0.436. The van der Waals surface area contributed by atoms with Crippen LogP contribution in [0.15, 0.2) is 72.9 Å². The second-order valence-electron chi connectivity index (χ2n) is 7.08. The zero-order chi connectivity index (χ0) is 20.8. The average Bonchev–Trinajstić information content (AvgIpc) is 3.04. The van der Waals surface area contributed by atoms with Crippen molar-refractivity contribution in [2.45, 2.75) is 0 Å². The number of nitriles is 1. The molecule has 0 saturated heterocycles. The molecule has 0 fully saturated rings. The Morgan fingerprint density at radius 3 is 2.50 bits per heavy atom. The van der Waals surface area contributed by atoms with Crippen LogP contribution in [0.25, 0.3) is 38.8 Å². The Bertz CT molecular complexity index is 1540. The smallest absolute Gasteiger partial charge is 0.207 e. The number of hydrogen-bond acceptors (Lipinski definition) is 3. The van der Waals surface area contributed by atoms with Crippen molar-refractivity contribution in [2.75, 3.05) is 0 Å². The topological polar surface area (TPSA) is 70.4 Å². The molecule has 0 saturated carbocycles. The normalized spacial score (nSPS) is 11.1. The maximum absolute atomic E-state index is 9.62. The molecule has 3 aromatic carbocycles. The molecule has 1 N–H and O–H groups in total. The van der Waals surface area contributed by atoms with Crippen molar-refractivity contribution in [3.05, 3.63) is 89.1 Å². The third-order valence-electron chi connectivity index (χ3n) is 5.38. The molecule has 0 aliphatic carbocycles. The first kappa shape index (κ1) is 18.2. The second-order valence-corrected chi connectivity index (χ2v) is 7.51. The molecule has 144 valence electrons. The Labute approximate surface area is 177 Å². The number of hydrogen-bond donors (Lipinski definition) is 1. The molecule has 6 heteroatoms. The number of aromatic nitrogens is 3. The van der Waals surface area contributed by atoms with Crippen LogP contribution < -0.4 is 5.62 Å². The molecule has 0 atom stereocenters. The lowest BCUT2D eigenvalue weighted by molar-refractivity contribution is 0.787. The van der Waals surface area contributed by atoms with Crippen molar-refractivity contribution in [1.29, 1.82) is 10.7 Å². The summed E-state index contributed by atoms with van der Waals surface area (Å²) < 4.78 is 3.61. The van der Waals surface area contributed by atoms with Crippen molar-refractivity contribution in [3.63, 3.8) is 0 Å². The number of para-hydroxylation sites is 1. The standard InChI is InChI=1S/C24H16ClN5/c1-29-22-14-28-20-11-8-16(15-6-9-18(25)10-7-15)12-19(20)23(22)30(24(29)27)21-5-3-2-4-17(21)13-26/h2-12,14,27H,1H3. The summed E-state index contributed by atoms with van der Waals surface area (Å²) >= 11 is 6.05. The van der Waals surface area contributed by atoms with E-state index in [0.717, 1.165) is 33.1 Å². The van der Waals surface area contributed by atoms with Crippen LogP contribution in [0.3, 0.4) is 0 Å². The molecular weight excluding hydrogens is 394 g/mol. The van der Waals surface area contributed by atoms with Crippen molar-refractivity contribution in [3.8, 4) is 22.9 Å². The number of fused-ring (bicyclic) bond motifs is 3. The number of imidazole rings is 1. The molecular formula is C24H16ClN5. The minimum Gasteiger partial charge on any atom is -0.312 e. The highest BCUT2D eigenvalue weighted by Crippen LogP contribution is 2.30. The van der Waals surface area contributed by atoms with Crippen LogP contribution in [0.4, 0.5) is 0 Å². The summed E-state index contributed by atoms with van der Waals surface area (Å²) in [6.07, 6.45) is 1.78. The third-order valence-corrected chi connectivity index (χ3v) is 5.63. The Hall–Kier alpha value is -3.88. The van der Waals surface area contributed by atoms with E-state index < -0.39 is 0 Å². The van der Waals surface area contributed by atoms with Crippen molar-refractivity contribution in [1.82, 2.24) is 14.1 Å². The minimum atomic E-state index is 0.277. The molecule has 30 heavy (non-hydrogen) atoms. The fourth-order valence-corrected chi connectivity index (χ4v) is 3.96. The van der Waals surface area contributed by atoms with Crippen LogP contribution in [0.5, 0.6) is 0 Å². The Morgan fingerprint density at radius 1 is 1.00 bits per heavy atom. The van der Waals surface area contributed by atoms with Gasteiger partial charge in [-0.2, -0.15) is 5.26 Å². The van der Waals surface area contributed by atoms with Crippen LogP contribution in [-0.2, 0) is 7.05 Å². The summed E-state index contributed by atoms with van der Waals surface area (Å²) in [5.41, 5.74) is 6.06.